The lowest BCUT2D eigenvalue weighted by Gasteiger charge is -2.32. The first-order valence-electron chi connectivity index (χ1n) is 7.94. The number of rotatable bonds is 2. The number of carbonyl (C=O) groups excluding carboxylic acids is 2. The summed E-state index contributed by atoms with van der Waals surface area (Å²) in [4.78, 5) is 25.0. The van der Waals surface area contributed by atoms with Crippen LogP contribution in [0.5, 0.6) is 0 Å². The summed E-state index contributed by atoms with van der Waals surface area (Å²) in [7, 11) is 0. The van der Waals surface area contributed by atoms with Gasteiger partial charge in [-0.25, -0.2) is 0 Å². The summed E-state index contributed by atoms with van der Waals surface area (Å²) in [5.41, 5.74) is -1.03. The largest absolute Gasteiger partial charge is 0.460 e. The predicted octanol–water partition coefficient (Wildman–Crippen LogP) is 3.33. The molecule has 0 saturated heterocycles. The highest BCUT2D eigenvalue weighted by atomic mass is 16.6. The molecule has 2 aliphatic rings. The van der Waals surface area contributed by atoms with E-state index in [-0.39, 0.29) is 35.6 Å². The smallest absolute Gasteiger partial charge is 0.310 e. The summed E-state index contributed by atoms with van der Waals surface area (Å²) in [5.74, 6) is -0.545. The average Bonchev–Trinajstić information content (AvgIpc) is 2.82. The van der Waals surface area contributed by atoms with Gasteiger partial charge in [-0.15, -0.1) is 0 Å². The molecule has 4 atom stereocenters. The van der Waals surface area contributed by atoms with E-state index in [1.54, 1.807) is 0 Å². The van der Waals surface area contributed by atoms with Gasteiger partial charge in [-0.1, -0.05) is 0 Å². The molecule has 4 unspecified atom stereocenters. The van der Waals surface area contributed by atoms with Crippen LogP contribution in [0.4, 0.5) is 0 Å². The van der Waals surface area contributed by atoms with Gasteiger partial charge < -0.3 is 9.47 Å². The van der Waals surface area contributed by atoms with Crippen molar-refractivity contribution in [1.82, 2.24) is 0 Å². The second kappa shape index (κ2) is 5.29. The Labute approximate surface area is 127 Å². The molecular weight excluding hydrogens is 268 g/mol. The van der Waals surface area contributed by atoms with Gasteiger partial charge in [0, 0.05) is 0 Å². The maximum atomic E-state index is 12.5. The highest BCUT2D eigenvalue weighted by Crippen LogP contribution is 2.53. The molecule has 2 aliphatic carbocycles. The molecule has 4 heteroatoms. The van der Waals surface area contributed by atoms with E-state index in [4.69, 9.17) is 9.47 Å². The standard InChI is InChI=1S/C17H28O4/c1-16(2,3)20-14(18)12-10-7-8-11(9-10)13(12)15(19)21-17(4,5)6/h10-13H,7-9H2,1-6H3. The third kappa shape index (κ3) is 3.78. The van der Waals surface area contributed by atoms with Crippen LogP contribution < -0.4 is 0 Å². The number of hydrogen-bond acceptors (Lipinski definition) is 4. The van der Waals surface area contributed by atoms with Gasteiger partial charge in [0.25, 0.3) is 0 Å². The molecule has 2 bridgehead atoms. The van der Waals surface area contributed by atoms with Gasteiger partial charge in [-0.2, -0.15) is 0 Å². The van der Waals surface area contributed by atoms with Crippen molar-refractivity contribution in [2.45, 2.75) is 72.0 Å². The molecule has 0 N–H and O–H groups in total. The van der Waals surface area contributed by atoms with Crippen LogP contribution >= 0.6 is 0 Å². The van der Waals surface area contributed by atoms with Gasteiger partial charge in [0.15, 0.2) is 0 Å². The van der Waals surface area contributed by atoms with Crippen molar-refractivity contribution in [2.75, 3.05) is 0 Å². The lowest BCUT2D eigenvalue weighted by atomic mass is 9.79. The third-order valence-corrected chi connectivity index (χ3v) is 4.27. The van der Waals surface area contributed by atoms with E-state index in [1.807, 2.05) is 41.5 Å². The molecule has 2 rings (SSSR count). The van der Waals surface area contributed by atoms with Crippen LogP contribution in [0.3, 0.4) is 0 Å². The minimum atomic E-state index is -0.516. The zero-order valence-corrected chi connectivity index (χ0v) is 14.1. The van der Waals surface area contributed by atoms with Gasteiger partial charge in [0.05, 0.1) is 11.8 Å². The van der Waals surface area contributed by atoms with Gasteiger partial charge in [0.2, 0.25) is 0 Å². The van der Waals surface area contributed by atoms with E-state index >= 15 is 0 Å². The Morgan fingerprint density at radius 2 is 1.10 bits per heavy atom. The molecule has 0 aromatic carbocycles. The monoisotopic (exact) mass is 296 g/mol. The maximum Gasteiger partial charge on any atom is 0.310 e. The summed E-state index contributed by atoms with van der Waals surface area (Å²) in [6, 6.07) is 0. The molecule has 120 valence electrons. The number of esters is 2. The van der Waals surface area contributed by atoms with Crippen LogP contribution in [-0.2, 0) is 19.1 Å². The van der Waals surface area contributed by atoms with Crippen molar-refractivity contribution in [2.24, 2.45) is 23.7 Å². The minimum Gasteiger partial charge on any atom is -0.460 e. The van der Waals surface area contributed by atoms with Crippen molar-refractivity contribution in [3.05, 3.63) is 0 Å². The van der Waals surface area contributed by atoms with Crippen LogP contribution in [0.2, 0.25) is 0 Å². The number of ether oxygens (including phenoxy) is 2. The molecule has 0 heterocycles. The van der Waals surface area contributed by atoms with Crippen molar-refractivity contribution in [3.8, 4) is 0 Å². The molecule has 0 aliphatic heterocycles. The molecule has 2 saturated carbocycles. The van der Waals surface area contributed by atoms with Crippen LogP contribution in [-0.4, -0.2) is 23.1 Å². The van der Waals surface area contributed by atoms with Crippen LogP contribution in [0.1, 0.15) is 60.8 Å². The average molecular weight is 296 g/mol. The van der Waals surface area contributed by atoms with E-state index in [2.05, 4.69) is 0 Å². The summed E-state index contributed by atoms with van der Waals surface area (Å²) in [6.45, 7) is 11.2. The van der Waals surface area contributed by atoms with Crippen molar-refractivity contribution in [1.29, 1.82) is 0 Å². The van der Waals surface area contributed by atoms with Crippen molar-refractivity contribution in [3.63, 3.8) is 0 Å². The molecule has 0 amide bonds. The van der Waals surface area contributed by atoms with E-state index in [0.717, 1.165) is 19.3 Å². The van der Waals surface area contributed by atoms with E-state index in [0.29, 0.717) is 0 Å². The first-order chi connectivity index (χ1) is 9.48. The van der Waals surface area contributed by atoms with E-state index in [9.17, 15) is 9.59 Å². The van der Waals surface area contributed by atoms with E-state index in [1.165, 1.54) is 0 Å². The van der Waals surface area contributed by atoms with Gasteiger partial charge in [-0.3, -0.25) is 9.59 Å². The minimum absolute atomic E-state index is 0.231. The fourth-order valence-electron chi connectivity index (χ4n) is 3.71. The summed E-state index contributed by atoms with van der Waals surface area (Å²) in [5, 5.41) is 0. The molecule has 2 fully saturated rings. The summed E-state index contributed by atoms with van der Waals surface area (Å²) >= 11 is 0. The zero-order chi connectivity index (χ0) is 16.0. The molecule has 0 spiro atoms. The molecule has 21 heavy (non-hydrogen) atoms. The van der Waals surface area contributed by atoms with Crippen LogP contribution in [0.25, 0.3) is 0 Å². The molecule has 0 radical (unpaired) electrons. The predicted molar refractivity (Wildman–Crippen MR) is 79.5 cm³/mol. The second-order valence-electron chi connectivity index (χ2n) is 8.45. The Bertz CT molecular complexity index is 387. The molecular formula is C17H28O4. The van der Waals surface area contributed by atoms with Crippen molar-refractivity contribution < 1.29 is 19.1 Å². The Morgan fingerprint density at radius 3 is 1.38 bits per heavy atom. The van der Waals surface area contributed by atoms with Gasteiger partial charge >= 0.3 is 11.9 Å². The molecule has 4 nitrogen and oxygen atoms in total. The Balaban J connectivity index is 2.14. The highest BCUT2D eigenvalue weighted by Gasteiger charge is 2.56. The summed E-state index contributed by atoms with van der Waals surface area (Å²) < 4.78 is 11.1. The van der Waals surface area contributed by atoms with Crippen LogP contribution in [0, 0.1) is 23.7 Å². The normalized spacial score (nSPS) is 32.1. The fourth-order valence-corrected chi connectivity index (χ4v) is 3.71. The molecule has 0 aromatic rings. The number of hydrogen-bond donors (Lipinski definition) is 0. The van der Waals surface area contributed by atoms with Gasteiger partial charge in [0.1, 0.15) is 11.2 Å². The SMILES string of the molecule is CC(C)(C)OC(=O)C1C2CCC(C2)C1C(=O)OC(C)(C)C. The summed E-state index contributed by atoms with van der Waals surface area (Å²) in [6.07, 6.45) is 3.00. The second-order valence-corrected chi connectivity index (χ2v) is 8.45. The molecule has 0 aromatic heterocycles. The zero-order valence-electron chi connectivity index (χ0n) is 14.1. The number of carbonyl (C=O) groups is 2. The fraction of sp³-hybridized carbons (Fsp3) is 0.882. The third-order valence-electron chi connectivity index (χ3n) is 4.27. The first-order valence-corrected chi connectivity index (χ1v) is 7.94. The quantitative estimate of drug-likeness (QED) is 0.733. The Morgan fingerprint density at radius 1 is 0.762 bits per heavy atom. The highest BCUT2D eigenvalue weighted by molar-refractivity contribution is 5.84. The van der Waals surface area contributed by atoms with Crippen molar-refractivity contribution >= 4 is 11.9 Å². The maximum absolute atomic E-state index is 12.5. The van der Waals surface area contributed by atoms with Crippen LogP contribution in [0.15, 0.2) is 0 Å². The number of fused-ring (bicyclic) bond motifs is 2. The Kier molecular flexibility index (Phi) is 4.11. The lowest BCUT2D eigenvalue weighted by molar-refractivity contribution is -0.175. The van der Waals surface area contributed by atoms with Gasteiger partial charge in [-0.05, 0) is 72.6 Å². The first kappa shape index (κ1) is 16.3. The van der Waals surface area contributed by atoms with E-state index < -0.39 is 11.2 Å². The lowest BCUT2D eigenvalue weighted by Crippen LogP contribution is -2.41. The topological polar surface area (TPSA) is 52.6 Å². The Hall–Kier alpha value is -1.06.